The summed E-state index contributed by atoms with van der Waals surface area (Å²) in [7, 11) is 0. The number of halogens is 4. The Morgan fingerprint density at radius 2 is 1.89 bits per heavy atom. The Morgan fingerprint density at radius 3 is 2.54 bits per heavy atom. The van der Waals surface area contributed by atoms with E-state index in [2.05, 4.69) is 10.1 Å². The molecular weight excluding hydrogens is 403 g/mol. The lowest BCUT2D eigenvalue weighted by Crippen LogP contribution is -2.19. The molecule has 0 bridgehead atoms. The highest BCUT2D eigenvalue weighted by molar-refractivity contribution is 6.32. The van der Waals surface area contributed by atoms with E-state index in [1.54, 1.807) is 12.1 Å². The number of aromatic carboxylic acids is 1. The maximum absolute atomic E-state index is 12.2. The van der Waals surface area contributed by atoms with Gasteiger partial charge in [0.25, 0.3) is 0 Å². The van der Waals surface area contributed by atoms with Gasteiger partial charge in [0.2, 0.25) is 0 Å². The van der Waals surface area contributed by atoms with Gasteiger partial charge in [-0.1, -0.05) is 23.7 Å². The van der Waals surface area contributed by atoms with Crippen molar-refractivity contribution in [2.75, 3.05) is 18.5 Å². The fourth-order valence-corrected chi connectivity index (χ4v) is 2.38. The van der Waals surface area contributed by atoms with Crippen molar-refractivity contribution >= 4 is 29.0 Å². The van der Waals surface area contributed by atoms with Gasteiger partial charge in [0.05, 0.1) is 23.7 Å². The molecule has 150 valence electrons. The van der Waals surface area contributed by atoms with Crippen molar-refractivity contribution in [3.8, 4) is 5.75 Å². The quantitative estimate of drug-likeness (QED) is 0.638. The SMILES string of the molecule is O=C(CNc1cccc(C(=O)O)c1)COCc1ccc(OC(F)(F)F)c(Cl)c1. The largest absolute Gasteiger partial charge is 0.573 e. The molecule has 0 saturated heterocycles. The summed E-state index contributed by atoms with van der Waals surface area (Å²) in [6.45, 7) is -0.363. The first-order valence-electron chi connectivity index (χ1n) is 7.85. The zero-order chi connectivity index (χ0) is 20.7. The van der Waals surface area contributed by atoms with Crippen LogP contribution in [0.5, 0.6) is 5.75 Å². The minimum absolute atomic E-state index is 0.0355. The standard InChI is InChI=1S/C18H15ClF3NO5/c19-15-6-11(4-5-16(15)28-18(20,21)22)9-27-10-14(24)8-23-13-3-1-2-12(7-13)17(25)26/h1-7,23H,8-10H2,(H,25,26). The van der Waals surface area contributed by atoms with Crippen LogP contribution in [0.25, 0.3) is 0 Å². The van der Waals surface area contributed by atoms with Gasteiger partial charge in [0.1, 0.15) is 12.4 Å². The first kappa shape index (κ1) is 21.5. The normalized spacial score (nSPS) is 11.1. The molecule has 28 heavy (non-hydrogen) atoms. The number of carbonyl (C=O) groups excluding carboxylic acids is 1. The Labute approximate surface area is 162 Å². The maximum Gasteiger partial charge on any atom is 0.573 e. The van der Waals surface area contributed by atoms with Crippen molar-refractivity contribution in [3.05, 3.63) is 58.6 Å². The Balaban J connectivity index is 1.78. The molecule has 0 spiro atoms. The molecule has 0 heterocycles. The van der Waals surface area contributed by atoms with Crippen LogP contribution in [0.2, 0.25) is 5.02 Å². The lowest BCUT2D eigenvalue weighted by Gasteiger charge is -2.11. The highest BCUT2D eigenvalue weighted by Crippen LogP contribution is 2.30. The summed E-state index contributed by atoms with van der Waals surface area (Å²) in [4.78, 5) is 22.7. The van der Waals surface area contributed by atoms with E-state index in [0.29, 0.717) is 11.3 Å². The van der Waals surface area contributed by atoms with E-state index in [-0.39, 0.29) is 36.1 Å². The van der Waals surface area contributed by atoms with Gasteiger partial charge in [0.15, 0.2) is 5.78 Å². The van der Waals surface area contributed by atoms with Crippen molar-refractivity contribution in [2.45, 2.75) is 13.0 Å². The van der Waals surface area contributed by atoms with Gasteiger partial charge in [-0.15, -0.1) is 13.2 Å². The van der Waals surface area contributed by atoms with Gasteiger partial charge in [-0.2, -0.15) is 0 Å². The fourth-order valence-electron chi connectivity index (χ4n) is 2.14. The molecule has 0 amide bonds. The predicted molar refractivity (Wildman–Crippen MR) is 94.7 cm³/mol. The smallest absolute Gasteiger partial charge is 0.478 e. The molecule has 0 saturated carbocycles. The zero-order valence-corrected chi connectivity index (χ0v) is 15.0. The Morgan fingerprint density at radius 1 is 1.14 bits per heavy atom. The second-order valence-corrected chi connectivity index (χ2v) is 5.99. The number of ketones is 1. The summed E-state index contributed by atoms with van der Waals surface area (Å²) in [5.74, 6) is -1.91. The van der Waals surface area contributed by atoms with Crippen LogP contribution < -0.4 is 10.1 Å². The minimum atomic E-state index is -4.84. The number of alkyl halides is 3. The third kappa shape index (κ3) is 7.09. The van der Waals surface area contributed by atoms with Crippen molar-refractivity contribution in [3.63, 3.8) is 0 Å². The second-order valence-electron chi connectivity index (χ2n) is 5.58. The summed E-state index contributed by atoms with van der Waals surface area (Å²) < 4.78 is 45.6. The summed E-state index contributed by atoms with van der Waals surface area (Å²) in [5, 5.41) is 11.5. The fraction of sp³-hybridized carbons (Fsp3) is 0.222. The van der Waals surface area contributed by atoms with E-state index in [4.69, 9.17) is 21.4 Å². The predicted octanol–water partition coefficient (Wildman–Crippen LogP) is 4.13. The highest BCUT2D eigenvalue weighted by Gasteiger charge is 2.32. The number of carboxylic acid groups (broad SMARTS) is 1. The molecule has 2 rings (SSSR count). The van der Waals surface area contributed by atoms with Crippen LogP contribution >= 0.6 is 11.6 Å². The molecule has 0 atom stereocenters. The van der Waals surface area contributed by atoms with Crippen molar-refractivity contribution < 1.29 is 37.3 Å². The Kier molecular flexibility index (Phi) is 7.24. The van der Waals surface area contributed by atoms with Crippen LogP contribution in [0.4, 0.5) is 18.9 Å². The van der Waals surface area contributed by atoms with E-state index in [1.807, 2.05) is 0 Å². The number of hydrogen-bond acceptors (Lipinski definition) is 5. The molecule has 0 unspecified atom stereocenters. The molecule has 2 aromatic carbocycles. The molecule has 2 aromatic rings. The summed E-state index contributed by atoms with van der Waals surface area (Å²) in [6.07, 6.45) is -4.84. The molecule has 0 radical (unpaired) electrons. The third-order valence-corrected chi connectivity index (χ3v) is 3.65. The van der Waals surface area contributed by atoms with Crippen LogP contribution in [0.3, 0.4) is 0 Å². The lowest BCUT2D eigenvalue weighted by molar-refractivity contribution is -0.274. The molecule has 10 heteroatoms. The van der Waals surface area contributed by atoms with Gasteiger partial charge in [0, 0.05) is 5.69 Å². The zero-order valence-electron chi connectivity index (χ0n) is 14.3. The molecule has 0 aliphatic carbocycles. The first-order valence-corrected chi connectivity index (χ1v) is 8.22. The van der Waals surface area contributed by atoms with Crippen molar-refractivity contribution in [1.82, 2.24) is 0 Å². The average Bonchev–Trinajstić information content (AvgIpc) is 2.61. The van der Waals surface area contributed by atoms with Gasteiger partial charge < -0.3 is 19.9 Å². The Hall–Kier alpha value is -2.78. The number of rotatable bonds is 9. The lowest BCUT2D eigenvalue weighted by atomic mass is 10.2. The Bertz CT molecular complexity index is 857. The van der Waals surface area contributed by atoms with E-state index in [1.165, 1.54) is 24.3 Å². The molecule has 0 aromatic heterocycles. The summed E-state index contributed by atoms with van der Waals surface area (Å²) >= 11 is 5.73. The molecule has 0 aliphatic heterocycles. The summed E-state index contributed by atoms with van der Waals surface area (Å²) in [5.41, 5.74) is 1.03. The van der Waals surface area contributed by atoms with Crippen LogP contribution in [0.15, 0.2) is 42.5 Å². The average molecular weight is 418 g/mol. The number of carboxylic acids is 1. The van der Waals surface area contributed by atoms with Crippen molar-refractivity contribution in [2.24, 2.45) is 0 Å². The van der Waals surface area contributed by atoms with E-state index in [0.717, 1.165) is 6.07 Å². The maximum atomic E-state index is 12.2. The molecular formula is C18H15ClF3NO5. The number of anilines is 1. The highest BCUT2D eigenvalue weighted by atomic mass is 35.5. The number of carbonyl (C=O) groups is 2. The van der Waals surface area contributed by atoms with Crippen LogP contribution in [0, 0.1) is 0 Å². The van der Waals surface area contributed by atoms with Gasteiger partial charge in [-0.25, -0.2) is 4.79 Å². The van der Waals surface area contributed by atoms with Gasteiger partial charge in [-0.05, 0) is 35.9 Å². The van der Waals surface area contributed by atoms with Crippen LogP contribution in [-0.2, 0) is 16.1 Å². The van der Waals surface area contributed by atoms with Crippen LogP contribution in [0.1, 0.15) is 15.9 Å². The topological polar surface area (TPSA) is 84.9 Å². The van der Waals surface area contributed by atoms with Crippen molar-refractivity contribution in [1.29, 1.82) is 0 Å². The first-order chi connectivity index (χ1) is 13.1. The minimum Gasteiger partial charge on any atom is -0.478 e. The second kappa shape index (κ2) is 9.43. The van der Waals surface area contributed by atoms with E-state index < -0.39 is 18.1 Å². The monoisotopic (exact) mass is 417 g/mol. The molecule has 2 N–H and O–H groups in total. The van der Waals surface area contributed by atoms with E-state index in [9.17, 15) is 22.8 Å². The summed E-state index contributed by atoms with van der Waals surface area (Å²) in [6, 6.07) is 9.64. The van der Waals surface area contributed by atoms with Gasteiger partial charge >= 0.3 is 12.3 Å². The molecule has 0 fully saturated rings. The van der Waals surface area contributed by atoms with E-state index >= 15 is 0 Å². The molecule has 6 nitrogen and oxygen atoms in total. The number of nitrogens with one attached hydrogen (secondary N) is 1. The van der Waals surface area contributed by atoms with Crippen LogP contribution in [-0.4, -0.2) is 36.4 Å². The third-order valence-electron chi connectivity index (χ3n) is 3.35. The molecule has 0 aliphatic rings. The number of ether oxygens (including phenoxy) is 2. The number of Topliss-reactive ketones (excluding diaryl/α,β-unsaturated/α-hetero) is 1. The van der Waals surface area contributed by atoms with Gasteiger partial charge in [-0.3, -0.25) is 4.79 Å². The number of benzene rings is 2. The number of hydrogen-bond donors (Lipinski definition) is 2.